The van der Waals surface area contributed by atoms with Crippen molar-refractivity contribution in [1.82, 2.24) is 19.7 Å². The van der Waals surface area contributed by atoms with Crippen molar-refractivity contribution in [3.8, 4) is 17.0 Å². The van der Waals surface area contributed by atoms with Crippen LogP contribution in [0.1, 0.15) is 37.7 Å². The van der Waals surface area contributed by atoms with Crippen LogP contribution in [-0.2, 0) is 6.54 Å². The van der Waals surface area contributed by atoms with Crippen LogP contribution in [0.4, 0.5) is 14.7 Å². The van der Waals surface area contributed by atoms with Gasteiger partial charge in [-0.15, -0.1) is 0 Å². The van der Waals surface area contributed by atoms with Crippen molar-refractivity contribution in [3.63, 3.8) is 0 Å². The smallest absolute Gasteiger partial charge is 0.280 e. The molecule has 142 valence electrons. The van der Waals surface area contributed by atoms with Crippen LogP contribution in [0.25, 0.3) is 11.3 Å². The second-order valence-corrected chi connectivity index (χ2v) is 5.97. The highest BCUT2D eigenvalue weighted by Crippen LogP contribution is 2.28. The van der Waals surface area contributed by atoms with E-state index in [1.54, 1.807) is 37.6 Å². The molecule has 0 saturated heterocycles. The summed E-state index contributed by atoms with van der Waals surface area (Å²) in [4.78, 5) is 8.40. The molecule has 0 unspecified atom stereocenters. The molecule has 1 N–H and O–H groups in total. The van der Waals surface area contributed by atoms with Crippen molar-refractivity contribution in [3.05, 3.63) is 54.0 Å². The lowest BCUT2D eigenvalue weighted by atomic mass is 10.1. The van der Waals surface area contributed by atoms with Crippen LogP contribution in [0, 0.1) is 0 Å². The number of halogens is 2. The van der Waals surface area contributed by atoms with E-state index in [1.807, 2.05) is 24.6 Å². The summed E-state index contributed by atoms with van der Waals surface area (Å²) < 4.78 is 33.8. The Bertz CT molecular complexity index is 913. The highest BCUT2D eigenvalue weighted by molar-refractivity contribution is 5.63. The fourth-order valence-corrected chi connectivity index (χ4v) is 2.82. The van der Waals surface area contributed by atoms with Gasteiger partial charge in [0.2, 0.25) is 5.95 Å². The van der Waals surface area contributed by atoms with Gasteiger partial charge < -0.3 is 10.1 Å². The highest BCUT2D eigenvalue weighted by atomic mass is 19.3. The second-order valence-electron chi connectivity index (χ2n) is 5.97. The molecule has 1 atom stereocenters. The van der Waals surface area contributed by atoms with E-state index in [9.17, 15) is 8.78 Å². The third-order valence-corrected chi connectivity index (χ3v) is 4.17. The molecule has 27 heavy (non-hydrogen) atoms. The number of aryl methyl sites for hydroxylation is 1. The quantitative estimate of drug-likeness (QED) is 0.661. The first-order valence-corrected chi connectivity index (χ1v) is 8.61. The molecule has 2 heterocycles. The standard InChI is InChI=1S/C19H21F2N5O/c1-4-26-17(8-9-22-26)12(2)23-19-24-15(11-16(25-19)18(20)21)13-6-5-7-14(10-13)27-3/h5-12,18H,4H2,1-3H3,(H,23,24,25)/t12-/m1/s1. The van der Waals surface area contributed by atoms with E-state index in [0.717, 1.165) is 5.69 Å². The van der Waals surface area contributed by atoms with E-state index in [-0.39, 0.29) is 17.7 Å². The van der Waals surface area contributed by atoms with Crippen LogP contribution >= 0.6 is 0 Å². The molecular weight excluding hydrogens is 352 g/mol. The Morgan fingerprint density at radius 1 is 1.19 bits per heavy atom. The Morgan fingerprint density at radius 2 is 2.00 bits per heavy atom. The van der Waals surface area contributed by atoms with Crippen LogP contribution in [0.15, 0.2) is 42.6 Å². The van der Waals surface area contributed by atoms with Crippen molar-refractivity contribution in [2.45, 2.75) is 32.9 Å². The summed E-state index contributed by atoms with van der Waals surface area (Å²) in [7, 11) is 1.55. The van der Waals surface area contributed by atoms with Crippen LogP contribution in [0.2, 0.25) is 0 Å². The lowest BCUT2D eigenvalue weighted by Gasteiger charge is -2.16. The zero-order valence-corrected chi connectivity index (χ0v) is 15.4. The number of hydrogen-bond acceptors (Lipinski definition) is 5. The number of nitrogens with zero attached hydrogens (tertiary/aromatic N) is 4. The monoisotopic (exact) mass is 373 g/mol. The maximum absolute atomic E-state index is 13.4. The van der Waals surface area contributed by atoms with Gasteiger partial charge in [-0.2, -0.15) is 5.10 Å². The molecule has 0 aliphatic rings. The summed E-state index contributed by atoms with van der Waals surface area (Å²) >= 11 is 0. The summed E-state index contributed by atoms with van der Waals surface area (Å²) in [5.74, 6) is 0.765. The topological polar surface area (TPSA) is 64.9 Å². The van der Waals surface area contributed by atoms with Gasteiger partial charge in [0.15, 0.2) is 0 Å². The molecule has 1 aromatic carbocycles. The molecule has 0 bridgehead atoms. The van der Waals surface area contributed by atoms with Gasteiger partial charge in [0.1, 0.15) is 11.4 Å². The zero-order valence-electron chi connectivity index (χ0n) is 15.4. The predicted molar refractivity (Wildman–Crippen MR) is 98.9 cm³/mol. The molecule has 3 aromatic rings. The Labute approximate surface area is 156 Å². The van der Waals surface area contributed by atoms with E-state index < -0.39 is 6.43 Å². The van der Waals surface area contributed by atoms with E-state index in [4.69, 9.17) is 4.74 Å². The third-order valence-electron chi connectivity index (χ3n) is 4.17. The van der Waals surface area contributed by atoms with Gasteiger partial charge in [-0.1, -0.05) is 12.1 Å². The summed E-state index contributed by atoms with van der Waals surface area (Å²) in [5, 5.41) is 7.33. The van der Waals surface area contributed by atoms with Gasteiger partial charge in [-0.25, -0.2) is 18.7 Å². The normalized spacial score (nSPS) is 12.2. The number of aromatic nitrogens is 4. The SMILES string of the molecule is CCn1nccc1[C@@H](C)Nc1nc(-c2cccc(OC)c2)cc(C(F)F)n1. The Kier molecular flexibility index (Phi) is 5.63. The number of ether oxygens (including phenoxy) is 1. The van der Waals surface area contributed by atoms with E-state index in [2.05, 4.69) is 20.4 Å². The third kappa shape index (κ3) is 4.21. The fraction of sp³-hybridized carbons (Fsp3) is 0.316. The van der Waals surface area contributed by atoms with Crippen molar-refractivity contribution < 1.29 is 13.5 Å². The Balaban J connectivity index is 1.96. The molecule has 2 aromatic heterocycles. The zero-order chi connectivity index (χ0) is 19.4. The van der Waals surface area contributed by atoms with Crippen molar-refractivity contribution in [2.24, 2.45) is 0 Å². The Morgan fingerprint density at radius 3 is 2.70 bits per heavy atom. The molecule has 0 saturated carbocycles. The molecular formula is C19H21F2N5O. The number of methoxy groups -OCH3 is 1. The average molecular weight is 373 g/mol. The lowest BCUT2D eigenvalue weighted by Crippen LogP contribution is -2.15. The minimum absolute atomic E-state index is 0.141. The highest BCUT2D eigenvalue weighted by Gasteiger charge is 2.17. The fourth-order valence-electron chi connectivity index (χ4n) is 2.82. The second kappa shape index (κ2) is 8.11. The molecule has 0 aliphatic heterocycles. The van der Waals surface area contributed by atoms with Crippen LogP contribution in [-0.4, -0.2) is 26.9 Å². The van der Waals surface area contributed by atoms with Gasteiger partial charge in [-0.3, -0.25) is 4.68 Å². The van der Waals surface area contributed by atoms with Crippen molar-refractivity contribution >= 4 is 5.95 Å². The molecule has 8 heteroatoms. The molecule has 6 nitrogen and oxygen atoms in total. The maximum atomic E-state index is 13.4. The average Bonchev–Trinajstić information content (AvgIpc) is 3.16. The molecule has 0 radical (unpaired) electrons. The predicted octanol–water partition coefficient (Wildman–Crippen LogP) is 4.48. The van der Waals surface area contributed by atoms with Crippen molar-refractivity contribution in [1.29, 1.82) is 0 Å². The summed E-state index contributed by atoms with van der Waals surface area (Å²) in [6.07, 6.45) is -0.996. The van der Waals surface area contributed by atoms with Crippen LogP contribution < -0.4 is 10.1 Å². The van der Waals surface area contributed by atoms with Gasteiger partial charge in [0, 0.05) is 18.3 Å². The number of anilines is 1. The van der Waals surface area contributed by atoms with E-state index >= 15 is 0 Å². The summed E-state index contributed by atoms with van der Waals surface area (Å²) in [6, 6.07) is 10.1. The van der Waals surface area contributed by atoms with Crippen molar-refractivity contribution in [2.75, 3.05) is 12.4 Å². The van der Waals surface area contributed by atoms with Gasteiger partial charge in [0.05, 0.1) is 24.5 Å². The van der Waals surface area contributed by atoms with Gasteiger partial charge >= 0.3 is 0 Å². The van der Waals surface area contributed by atoms with Gasteiger partial charge in [-0.05, 0) is 38.1 Å². The first-order chi connectivity index (χ1) is 13.0. The van der Waals surface area contributed by atoms with E-state index in [1.165, 1.54) is 6.07 Å². The lowest BCUT2D eigenvalue weighted by molar-refractivity contribution is 0.146. The minimum Gasteiger partial charge on any atom is -0.497 e. The largest absolute Gasteiger partial charge is 0.497 e. The molecule has 0 fully saturated rings. The Hall–Kier alpha value is -3.03. The number of alkyl halides is 2. The van der Waals surface area contributed by atoms with Gasteiger partial charge in [0.25, 0.3) is 6.43 Å². The summed E-state index contributed by atoms with van der Waals surface area (Å²) in [5.41, 5.74) is 1.67. The number of nitrogens with one attached hydrogen (secondary N) is 1. The van der Waals surface area contributed by atoms with E-state index in [0.29, 0.717) is 23.6 Å². The molecule has 0 aliphatic carbocycles. The molecule has 0 spiro atoms. The number of benzene rings is 1. The van der Waals surface area contributed by atoms with Crippen LogP contribution in [0.3, 0.4) is 0 Å². The number of hydrogen-bond donors (Lipinski definition) is 1. The van der Waals surface area contributed by atoms with Crippen LogP contribution in [0.5, 0.6) is 5.75 Å². The summed E-state index contributed by atoms with van der Waals surface area (Å²) in [6.45, 7) is 4.60. The first kappa shape index (κ1) is 18.8. The number of rotatable bonds is 7. The molecule has 3 rings (SSSR count). The maximum Gasteiger partial charge on any atom is 0.280 e. The molecule has 0 amide bonds. The first-order valence-electron chi connectivity index (χ1n) is 8.61. The minimum atomic E-state index is -2.70.